The third kappa shape index (κ3) is 2.77. The van der Waals surface area contributed by atoms with Gasteiger partial charge >= 0.3 is 0 Å². The van der Waals surface area contributed by atoms with Crippen molar-refractivity contribution in [1.82, 2.24) is 9.88 Å². The number of carbonyl (C=O) groups excluding carboxylic acids is 1. The van der Waals surface area contributed by atoms with E-state index in [1.165, 1.54) is 12.4 Å². The highest BCUT2D eigenvalue weighted by atomic mass is 79.9. The Morgan fingerprint density at radius 3 is 3.18 bits per heavy atom. The first-order valence-corrected chi connectivity index (χ1v) is 6.82. The van der Waals surface area contributed by atoms with Crippen LogP contribution in [0.15, 0.2) is 18.5 Å². The molecule has 4 nitrogen and oxygen atoms in total. The van der Waals surface area contributed by atoms with Gasteiger partial charge in [-0.25, -0.2) is 0 Å². The number of amides is 1. The van der Waals surface area contributed by atoms with Crippen LogP contribution in [0.25, 0.3) is 0 Å². The van der Waals surface area contributed by atoms with Gasteiger partial charge in [-0.1, -0.05) is 15.9 Å². The van der Waals surface area contributed by atoms with E-state index in [0.29, 0.717) is 11.5 Å². The number of rotatable bonds is 3. The summed E-state index contributed by atoms with van der Waals surface area (Å²) in [6.45, 7) is 1.56. The van der Waals surface area contributed by atoms with Crippen LogP contribution < -0.4 is 0 Å². The molecule has 1 amide bonds. The van der Waals surface area contributed by atoms with Crippen LogP contribution in [0.1, 0.15) is 23.2 Å². The van der Waals surface area contributed by atoms with Crippen molar-refractivity contribution in [2.75, 3.05) is 18.4 Å². The molecule has 0 aromatic carbocycles. The Labute approximate surface area is 109 Å². The minimum Gasteiger partial charge on any atom is -0.505 e. The van der Waals surface area contributed by atoms with E-state index in [1.807, 2.05) is 4.90 Å². The Kier molecular flexibility index (Phi) is 3.99. The largest absolute Gasteiger partial charge is 0.505 e. The monoisotopic (exact) mass is 298 g/mol. The van der Waals surface area contributed by atoms with Crippen molar-refractivity contribution in [3.8, 4) is 5.75 Å². The van der Waals surface area contributed by atoms with E-state index in [0.717, 1.165) is 31.3 Å². The van der Waals surface area contributed by atoms with Crippen LogP contribution in [0.4, 0.5) is 0 Å². The summed E-state index contributed by atoms with van der Waals surface area (Å²) in [6.07, 6.45) is 4.97. The number of hydrogen-bond donors (Lipinski definition) is 1. The number of aromatic nitrogens is 1. The first-order chi connectivity index (χ1) is 8.22. The Bertz CT molecular complexity index is 411. The smallest absolute Gasteiger partial charge is 0.257 e. The summed E-state index contributed by atoms with van der Waals surface area (Å²) in [5.74, 6) is 0.436. The molecule has 0 spiro atoms. The van der Waals surface area contributed by atoms with Gasteiger partial charge in [0, 0.05) is 24.6 Å². The van der Waals surface area contributed by atoms with Crippen LogP contribution in [0.2, 0.25) is 0 Å². The maximum atomic E-state index is 12.1. The van der Waals surface area contributed by atoms with Gasteiger partial charge in [-0.15, -0.1) is 0 Å². The minimum atomic E-state index is -0.0954. The van der Waals surface area contributed by atoms with Gasteiger partial charge in [-0.2, -0.15) is 0 Å². The van der Waals surface area contributed by atoms with Crippen molar-refractivity contribution in [2.24, 2.45) is 5.92 Å². The minimum absolute atomic E-state index is 0.0403. The van der Waals surface area contributed by atoms with Crippen LogP contribution >= 0.6 is 15.9 Å². The number of halogens is 1. The summed E-state index contributed by atoms with van der Waals surface area (Å²) in [5.41, 5.74) is 0.347. The molecule has 0 aliphatic carbocycles. The summed E-state index contributed by atoms with van der Waals surface area (Å²) in [4.78, 5) is 17.7. The Morgan fingerprint density at radius 2 is 2.47 bits per heavy atom. The Hall–Kier alpha value is -1.10. The maximum Gasteiger partial charge on any atom is 0.257 e. The molecule has 1 aromatic rings. The maximum absolute atomic E-state index is 12.1. The quantitative estimate of drug-likeness (QED) is 0.869. The van der Waals surface area contributed by atoms with Gasteiger partial charge in [-0.05, 0) is 24.8 Å². The number of alkyl halides is 1. The third-order valence-corrected chi connectivity index (χ3v) is 3.58. The molecule has 1 saturated heterocycles. The molecule has 1 N–H and O–H groups in total. The number of aromatic hydroxyl groups is 1. The molecular formula is C12H15BrN2O2. The first kappa shape index (κ1) is 12.4. The topological polar surface area (TPSA) is 53.4 Å². The zero-order chi connectivity index (χ0) is 12.3. The SMILES string of the molecule is O=C(c1ccncc1O)N1CCC(CCBr)C1. The summed E-state index contributed by atoms with van der Waals surface area (Å²) in [5, 5.41) is 10.6. The van der Waals surface area contributed by atoms with Crippen LogP contribution in [-0.4, -0.2) is 39.3 Å². The van der Waals surface area contributed by atoms with Crippen molar-refractivity contribution >= 4 is 21.8 Å². The first-order valence-electron chi connectivity index (χ1n) is 5.70. The lowest BCUT2D eigenvalue weighted by Gasteiger charge is -2.16. The van der Waals surface area contributed by atoms with E-state index in [4.69, 9.17) is 0 Å². The predicted octanol–water partition coefficient (Wildman–Crippen LogP) is 2.03. The van der Waals surface area contributed by atoms with E-state index < -0.39 is 0 Å². The highest BCUT2D eigenvalue weighted by Crippen LogP contribution is 2.24. The fourth-order valence-electron chi connectivity index (χ4n) is 2.14. The fourth-order valence-corrected chi connectivity index (χ4v) is 2.79. The lowest BCUT2D eigenvalue weighted by Crippen LogP contribution is -2.28. The number of pyridine rings is 1. The summed E-state index contributed by atoms with van der Waals surface area (Å²) < 4.78 is 0. The van der Waals surface area contributed by atoms with Crippen molar-refractivity contribution in [1.29, 1.82) is 0 Å². The average molecular weight is 299 g/mol. The molecule has 1 fully saturated rings. The van der Waals surface area contributed by atoms with Crippen LogP contribution in [0, 0.1) is 5.92 Å². The molecule has 1 aliphatic rings. The highest BCUT2D eigenvalue weighted by molar-refractivity contribution is 9.09. The van der Waals surface area contributed by atoms with Gasteiger partial charge in [0.25, 0.3) is 5.91 Å². The number of carbonyl (C=O) groups is 1. The normalized spacial score (nSPS) is 19.6. The molecule has 17 heavy (non-hydrogen) atoms. The number of hydrogen-bond acceptors (Lipinski definition) is 3. The second kappa shape index (κ2) is 5.49. The lowest BCUT2D eigenvalue weighted by atomic mass is 10.1. The molecule has 0 saturated carbocycles. The predicted molar refractivity (Wildman–Crippen MR) is 68.3 cm³/mol. The van der Waals surface area contributed by atoms with E-state index in [2.05, 4.69) is 20.9 Å². The summed E-state index contributed by atoms with van der Waals surface area (Å²) >= 11 is 3.42. The van der Waals surface area contributed by atoms with E-state index >= 15 is 0 Å². The van der Waals surface area contributed by atoms with Crippen LogP contribution in [-0.2, 0) is 0 Å². The van der Waals surface area contributed by atoms with Crippen LogP contribution in [0.5, 0.6) is 5.75 Å². The van der Waals surface area contributed by atoms with Crippen molar-refractivity contribution < 1.29 is 9.90 Å². The molecule has 1 atom stereocenters. The molecular weight excluding hydrogens is 284 g/mol. The summed E-state index contributed by atoms with van der Waals surface area (Å²) in [7, 11) is 0. The number of nitrogens with zero attached hydrogens (tertiary/aromatic N) is 2. The molecule has 2 heterocycles. The molecule has 5 heteroatoms. The Balaban J connectivity index is 2.05. The highest BCUT2D eigenvalue weighted by Gasteiger charge is 2.27. The van der Waals surface area contributed by atoms with Gasteiger partial charge in [0.2, 0.25) is 0 Å². The molecule has 1 unspecified atom stereocenters. The Morgan fingerprint density at radius 1 is 1.65 bits per heavy atom. The summed E-state index contributed by atoms with van der Waals surface area (Å²) in [6, 6.07) is 1.56. The van der Waals surface area contributed by atoms with Crippen molar-refractivity contribution in [3.63, 3.8) is 0 Å². The standard InChI is InChI=1S/C12H15BrN2O2/c13-4-1-9-3-6-15(8-9)12(17)10-2-5-14-7-11(10)16/h2,5,7,9,16H,1,3-4,6,8H2. The van der Waals surface area contributed by atoms with Crippen LogP contribution in [0.3, 0.4) is 0 Å². The van der Waals surface area contributed by atoms with Gasteiger partial charge in [0.1, 0.15) is 5.75 Å². The molecule has 2 rings (SSSR count). The van der Waals surface area contributed by atoms with E-state index in [9.17, 15) is 9.90 Å². The molecule has 0 bridgehead atoms. The average Bonchev–Trinajstić information content (AvgIpc) is 2.78. The molecule has 0 radical (unpaired) electrons. The lowest BCUT2D eigenvalue weighted by molar-refractivity contribution is 0.0784. The van der Waals surface area contributed by atoms with E-state index in [-0.39, 0.29) is 11.7 Å². The number of likely N-dealkylation sites (tertiary alicyclic amines) is 1. The fraction of sp³-hybridized carbons (Fsp3) is 0.500. The molecule has 92 valence electrons. The molecule has 1 aliphatic heterocycles. The zero-order valence-electron chi connectivity index (χ0n) is 9.47. The zero-order valence-corrected chi connectivity index (χ0v) is 11.1. The third-order valence-electron chi connectivity index (χ3n) is 3.12. The van der Waals surface area contributed by atoms with Gasteiger partial charge in [0.15, 0.2) is 0 Å². The second-order valence-electron chi connectivity index (χ2n) is 4.28. The van der Waals surface area contributed by atoms with Gasteiger partial charge in [0.05, 0.1) is 11.8 Å². The second-order valence-corrected chi connectivity index (χ2v) is 5.07. The van der Waals surface area contributed by atoms with Crippen molar-refractivity contribution in [2.45, 2.75) is 12.8 Å². The van der Waals surface area contributed by atoms with Gasteiger partial charge < -0.3 is 10.0 Å². The van der Waals surface area contributed by atoms with Crippen molar-refractivity contribution in [3.05, 3.63) is 24.0 Å². The van der Waals surface area contributed by atoms with Gasteiger partial charge in [-0.3, -0.25) is 9.78 Å². The molecule has 1 aromatic heterocycles. The van der Waals surface area contributed by atoms with E-state index in [1.54, 1.807) is 6.07 Å².